The van der Waals surface area contributed by atoms with Crippen LogP contribution in [0, 0.1) is 0 Å². The summed E-state index contributed by atoms with van der Waals surface area (Å²) in [6.45, 7) is 0. The first-order chi connectivity index (χ1) is 11.2. The summed E-state index contributed by atoms with van der Waals surface area (Å²) in [7, 11) is 0. The smallest absolute Gasteiger partial charge is 0.313 e. The molecule has 0 fully saturated rings. The number of carbonyl (C=O) groups excluding carboxylic acids is 1. The first kappa shape index (κ1) is 15.2. The van der Waals surface area contributed by atoms with Crippen molar-refractivity contribution in [2.45, 2.75) is 12.8 Å². The number of aryl methyl sites for hydroxylation is 2. The molecule has 1 aromatic heterocycles. The van der Waals surface area contributed by atoms with Crippen molar-refractivity contribution in [3.8, 4) is 0 Å². The Kier molecular flexibility index (Phi) is 4.68. The molecule has 23 heavy (non-hydrogen) atoms. The van der Waals surface area contributed by atoms with Crippen molar-refractivity contribution in [2.75, 3.05) is 5.32 Å². The Balaban J connectivity index is 1.59. The zero-order chi connectivity index (χ0) is 16.1. The highest BCUT2D eigenvalue weighted by atomic mass is 35.5. The third-order valence-electron chi connectivity index (χ3n) is 3.23. The Labute approximate surface area is 138 Å². The number of benzene rings is 2. The van der Waals surface area contributed by atoms with Crippen molar-refractivity contribution in [3.05, 3.63) is 77.0 Å². The Hall–Kier alpha value is -2.66. The van der Waals surface area contributed by atoms with Crippen molar-refractivity contribution in [2.24, 2.45) is 0 Å². The van der Waals surface area contributed by atoms with E-state index in [1.807, 2.05) is 30.3 Å². The Bertz CT molecular complexity index is 785. The lowest BCUT2D eigenvalue weighted by atomic mass is 10.1. The minimum absolute atomic E-state index is 0.0528. The van der Waals surface area contributed by atoms with Crippen LogP contribution in [-0.4, -0.2) is 16.1 Å². The van der Waals surface area contributed by atoms with Gasteiger partial charge in [0.25, 0.3) is 0 Å². The lowest BCUT2D eigenvalue weighted by Crippen LogP contribution is -2.12. The van der Waals surface area contributed by atoms with E-state index in [1.54, 1.807) is 24.3 Å². The molecule has 116 valence electrons. The summed E-state index contributed by atoms with van der Waals surface area (Å²) in [5.74, 6) is -0.0519. The lowest BCUT2D eigenvalue weighted by molar-refractivity contribution is 0.0988. The summed E-state index contributed by atoms with van der Waals surface area (Å²) in [5, 5.41) is 11.0. The van der Waals surface area contributed by atoms with Crippen LogP contribution in [0.15, 0.2) is 59.0 Å². The van der Waals surface area contributed by atoms with Gasteiger partial charge in [-0.1, -0.05) is 41.9 Å². The second-order valence-corrected chi connectivity index (χ2v) is 5.38. The van der Waals surface area contributed by atoms with E-state index in [0.29, 0.717) is 23.0 Å². The molecule has 1 amide bonds. The Morgan fingerprint density at radius 1 is 1.00 bits per heavy atom. The predicted octanol–water partition coefficient (Wildman–Crippen LogP) is 3.76. The van der Waals surface area contributed by atoms with E-state index in [4.69, 9.17) is 16.0 Å². The van der Waals surface area contributed by atoms with Gasteiger partial charge >= 0.3 is 11.8 Å². The van der Waals surface area contributed by atoms with Gasteiger partial charge in [0.2, 0.25) is 5.89 Å². The molecule has 0 spiro atoms. The SMILES string of the molecule is O=C(Nc1ccc(Cl)cc1)c1nnc(CCc2ccccc2)o1. The molecular weight excluding hydrogens is 314 g/mol. The number of amides is 1. The maximum Gasteiger partial charge on any atom is 0.313 e. The molecule has 0 aliphatic rings. The van der Waals surface area contributed by atoms with Gasteiger partial charge in [0.1, 0.15) is 0 Å². The largest absolute Gasteiger partial charge is 0.417 e. The van der Waals surface area contributed by atoms with E-state index in [-0.39, 0.29) is 5.89 Å². The van der Waals surface area contributed by atoms with Crippen LogP contribution >= 0.6 is 11.6 Å². The van der Waals surface area contributed by atoms with E-state index in [2.05, 4.69) is 15.5 Å². The first-order valence-corrected chi connectivity index (χ1v) is 7.52. The quantitative estimate of drug-likeness (QED) is 0.774. The molecule has 0 radical (unpaired) electrons. The van der Waals surface area contributed by atoms with Crippen LogP contribution in [0.1, 0.15) is 22.1 Å². The van der Waals surface area contributed by atoms with Gasteiger partial charge in [-0.05, 0) is 36.2 Å². The van der Waals surface area contributed by atoms with Crippen LogP contribution in [0.25, 0.3) is 0 Å². The van der Waals surface area contributed by atoms with Gasteiger partial charge in [-0.3, -0.25) is 4.79 Å². The van der Waals surface area contributed by atoms with Crippen molar-refractivity contribution in [3.63, 3.8) is 0 Å². The molecule has 6 heteroatoms. The van der Waals surface area contributed by atoms with E-state index in [1.165, 1.54) is 5.56 Å². The van der Waals surface area contributed by atoms with Gasteiger partial charge in [0.15, 0.2) is 0 Å². The van der Waals surface area contributed by atoms with E-state index in [9.17, 15) is 4.79 Å². The monoisotopic (exact) mass is 327 g/mol. The molecule has 1 N–H and O–H groups in total. The van der Waals surface area contributed by atoms with Crippen LogP contribution in [0.3, 0.4) is 0 Å². The third-order valence-corrected chi connectivity index (χ3v) is 3.49. The maximum absolute atomic E-state index is 12.0. The number of rotatable bonds is 5. The molecule has 5 nitrogen and oxygen atoms in total. The molecule has 2 aromatic carbocycles. The number of hydrogen-bond acceptors (Lipinski definition) is 4. The molecule has 0 aliphatic heterocycles. The summed E-state index contributed by atoms with van der Waals surface area (Å²) in [4.78, 5) is 12.0. The summed E-state index contributed by atoms with van der Waals surface area (Å²) < 4.78 is 5.40. The molecule has 0 unspecified atom stereocenters. The van der Waals surface area contributed by atoms with Crippen molar-refractivity contribution in [1.29, 1.82) is 0 Å². The Morgan fingerprint density at radius 2 is 1.74 bits per heavy atom. The molecule has 1 heterocycles. The zero-order valence-electron chi connectivity index (χ0n) is 12.2. The van der Waals surface area contributed by atoms with Crippen LogP contribution in [0.5, 0.6) is 0 Å². The third kappa shape index (κ3) is 4.17. The molecule has 0 saturated carbocycles. The minimum atomic E-state index is -0.439. The highest BCUT2D eigenvalue weighted by Crippen LogP contribution is 2.14. The van der Waals surface area contributed by atoms with E-state index < -0.39 is 5.91 Å². The summed E-state index contributed by atoms with van der Waals surface area (Å²) in [6, 6.07) is 16.8. The Morgan fingerprint density at radius 3 is 2.48 bits per heavy atom. The highest BCUT2D eigenvalue weighted by Gasteiger charge is 2.15. The topological polar surface area (TPSA) is 68.0 Å². The molecule has 0 aliphatic carbocycles. The van der Waals surface area contributed by atoms with Gasteiger partial charge in [0, 0.05) is 17.1 Å². The zero-order valence-corrected chi connectivity index (χ0v) is 13.0. The average Bonchev–Trinajstić information content (AvgIpc) is 3.05. The van der Waals surface area contributed by atoms with Gasteiger partial charge in [0.05, 0.1) is 0 Å². The number of carbonyl (C=O) groups is 1. The molecular formula is C17H14ClN3O2. The van der Waals surface area contributed by atoms with Gasteiger partial charge in [-0.2, -0.15) is 0 Å². The van der Waals surface area contributed by atoms with Gasteiger partial charge in [-0.15, -0.1) is 10.2 Å². The standard InChI is InChI=1S/C17H14ClN3O2/c18-13-7-9-14(10-8-13)19-16(22)17-21-20-15(23-17)11-6-12-4-2-1-3-5-12/h1-5,7-10H,6,11H2,(H,19,22). The highest BCUT2D eigenvalue weighted by molar-refractivity contribution is 6.30. The molecule has 0 atom stereocenters. The fourth-order valence-electron chi connectivity index (χ4n) is 2.06. The van der Waals surface area contributed by atoms with Crippen LogP contribution in [0.4, 0.5) is 5.69 Å². The van der Waals surface area contributed by atoms with Crippen molar-refractivity contribution < 1.29 is 9.21 Å². The van der Waals surface area contributed by atoms with Crippen LogP contribution in [-0.2, 0) is 12.8 Å². The maximum atomic E-state index is 12.0. The fourth-order valence-corrected chi connectivity index (χ4v) is 2.19. The number of nitrogens with zero attached hydrogens (tertiary/aromatic N) is 2. The molecule has 3 aromatic rings. The van der Waals surface area contributed by atoms with Gasteiger partial charge < -0.3 is 9.73 Å². The minimum Gasteiger partial charge on any atom is -0.417 e. The lowest BCUT2D eigenvalue weighted by Gasteiger charge is -2.01. The summed E-state index contributed by atoms with van der Waals surface area (Å²) in [6.07, 6.45) is 1.37. The van der Waals surface area contributed by atoms with E-state index >= 15 is 0 Å². The van der Waals surface area contributed by atoms with Crippen LogP contribution < -0.4 is 5.32 Å². The summed E-state index contributed by atoms with van der Waals surface area (Å²) >= 11 is 5.80. The van der Waals surface area contributed by atoms with Gasteiger partial charge in [-0.25, -0.2) is 0 Å². The number of anilines is 1. The van der Waals surface area contributed by atoms with E-state index in [0.717, 1.165) is 6.42 Å². The summed E-state index contributed by atoms with van der Waals surface area (Å²) in [5.41, 5.74) is 1.79. The molecule has 0 bridgehead atoms. The second-order valence-electron chi connectivity index (χ2n) is 4.95. The van der Waals surface area contributed by atoms with Crippen molar-refractivity contribution >= 4 is 23.2 Å². The molecule has 3 rings (SSSR count). The number of aromatic nitrogens is 2. The fraction of sp³-hybridized carbons (Fsp3) is 0.118. The predicted molar refractivity (Wildman–Crippen MR) is 87.6 cm³/mol. The van der Waals surface area contributed by atoms with Crippen molar-refractivity contribution in [1.82, 2.24) is 10.2 Å². The normalized spacial score (nSPS) is 10.5. The number of halogens is 1. The average molecular weight is 328 g/mol. The number of nitrogens with one attached hydrogen (secondary N) is 1. The van der Waals surface area contributed by atoms with Crippen LogP contribution in [0.2, 0.25) is 5.02 Å². The molecule has 0 saturated heterocycles. The second kappa shape index (κ2) is 7.07. The number of hydrogen-bond donors (Lipinski definition) is 1. The first-order valence-electron chi connectivity index (χ1n) is 7.14.